The molecule has 2 aromatic rings. The summed E-state index contributed by atoms with van der Waals surface area (Å²) in [6.45, 7) is 2.03. The third-order valence-corrected chi connectivity index (χ3v) is 3.80. The molecule has 5 heteroatoms. The summed E-state index contributed by atoms with van der Waals surface area (Å²) < 4.78 is 5.35. The van der Waals surface area contributed by atoms with Crippen LogP contribution in [0.5, 0.6) is 5.75 Å². The Labute approximate surface area is 127 Å². The second kappa shape index (κ2) is 5.39. The van der Waals surface area contributed by atoms with Crippen molar-refractivity contribution >= 4 is 23.2 Å². The minimum Gasteiger partial charge on any atom is -0.482 e. The van der Waals surface area contributed by atoms with Gasteiger partial charge in [-0.15, -0.1) is 0 Å². The molecule has 0 fully saturated rings. The molecule has 3 N–H and O–H groups in total. The van der Waals surface area contributed by atoms with E-state index in [0.717, 1.165) is 16.7 Å². The molecule has 0 radical (unpaired) electrons. The molecule has 0 aliphatic carbocycles. The molecular weight excluding hydrogens is 288 g/mol. The maximum Gasteiger partial charge on any atom is 0.262 e. The van der Waals surface area contributed by atoms with E-state index in [1.165, 1.54) is 0 Å². The van der Waals surface area contributed by atoms with Gasteiger partial charge in [-0.25, -0.2) is 0 Å². The van der Waals surface area contributed by atoms with Gasteiger partial charge in [-0.2, -0.15) is 0 Å². The molecule has 4 nitrogen and oxygen atoms in total. The number of carbonyl (C=O) groups is 1. The van der Waals surface area contributed by atoms with E-state index in [9.17, 15) is 4.79 Å². The zero-order valence-electron chi connectivity index (χ0n) is 11.5. The van der Waals surface area contributed by atoms with Crippen LogP contribution in [-0.2, 0) is 4.79 Å². The molecule has 2 aromatic carbocycles. The number of nitrogens with two attached hydrogens (primary N) is 1. The summed E-state index contributed by atoms with van der Waals surface area (Å²) in [5.41, 5.74) is 9.94. The highest BCUT2D eigenvalue weighted by Gasteiger charge is 2.19. The van der Waals surface area contributed by atoms with Crippen molar-refractivity contribution in [2.24, 2.45) is 5.73 Å². The molecule has 108 valence electrons. The Balaban J connectivity index is 1.96. The number of carbonyl (C=O) groups excluding carboxylic acids is 1. The first-order valence-electron chi connectivity index (χ1n) is 6.63. The lowest BCUT2D eigenvalue weighted by molar-refractivity contribution is -0.118. The molecule has 1 unspecified atom stereocenters. The average molecular weight is 303 g/mol. The third kappa shape index (κ3) is 2.73. The average Bonchev–Trinajstić information content (AvgIpc) is 2.46. The molecule has 1 atom stereocenters. The maximum atomic E-state index is 11.4. The van der Waals surface area contributed by atoms with Crippen molar-refractivity contribution in [2.45, 2.75) is 13.0 Å². The fraction of sp³-hybridized carbons (Fsp3) is 0.188. The Bertz CT molecular complexity index is 715. The van der Waals surface area contributed by atoms with Crippen molar-refractivity contribution in [1.82, 2.24) is 0 Å². The Morgan fingerprint density at radius 1 is 1.29 bits per heavy atom. The quantitative estimate of drug-likeness (QED) is 0.896. The number of rotatable bonds is 2. The number of hydrogen-bond acceptors (Lipinski definition) is 3. The molecule has 0 saturated heterocycles. The van der Waals surface area contributed by atoms with Crippen LogP contribution >= 0.6 is 11.6 Å². The van der Waals surface area contributed by atoms with E-state index in [0.29, 0.717) is 16.5 Å². The second-order valence-corrected chi connectivity index (χ2v) is 5.51. The van der Waals surface area contributed by atoms with Gasteiger partial charge in [0.05, 0.1) is 11.7 Å². The highest BCUT2D eigenvalue weighted by molar-refractivity contribution is 6.30. The minimum absolute atomic E-state index is 0.0503. The first-order valence-corrected chi connectivity index (χ1v) is 7.00. The van der Waals surface area contributed by atoms with E-state index >= 15 is 0 Å². The maximum absolute atomic E-state index is 11.4. The first kappa shape index (κ1) is 13.9. The Morgan fingerprint density at radius 3 is 2.86 bits per heavy atom. The molecule has 3 rings (SSSR count). The molecular formula is C16H15ClN2O2. The van der Waals surface area contributed by atoms with Gasteiger partial charge in [-0.05, 0) is 47.9 Å². The Morgan fingerprint density at radius 2 is 2.10 bits per heavy atom. The number of aryl methyl sites for hydroxylation is 1. The number of ether oxygens (including phenoxy) is 1. The number of hydrogen-bond donors (Lipinski definition) is 2. The Kier molecular flexibility index (Phi) is 3.57. The predicted molar refractivity (Wildman–Crippen MR) is 82.8 cm³/mol. The molecule has 0 saturated carbocycles. The number of benzene rings is 2. The number of anilines is 1. The molecule has 1 heterocycles. The number of amides is 1. The van der Waals surface area contributed by atoms with Gasteiger partial charge in [0.25, 0.3) is 5.91 Å². The van der Waals surface area contributed by atoms with Crippen LogP contribution in [-0.4, -0.2) is 12.5 Å². The normalized spacial score (nSPS) is 14.9. The van der Waals surface area contributed by atoms with Crippen LogP contribution in [0.3, 0.4) is 0 Å². The van der Waals surface area contributed by atoms with Gasteiger partial charge in [0.15, 0.2) is 6.61 Å². The van der Waals surface area contributed by atoms with Crippen LogP contribution in [0.2, 0.25) is 5.02 Å². The van der Waals surface area contributed by atoms with Gasteiger partial charge < -0.3 is 15.8 Å². The molecule has 1 aliphatic rings. The van der Waals surface area contributed by atoms with Crippen LogP contribution < -0.4 is 15.8 Å². The van der Waals surface area contributed by atoms with Crippen molar-refractivity contribution in [3.8, 4) is 5.75 Å². The zero-order chi connectivity index (χ0) is 15.0. The third-order valence-electron chi connectivity index (χ3n) is 3.56. The molecule has 21 heavy (non-hydrogen) atoms. The summed E-state index contributed by atoms with van der Waals surface area (Å²) in [5, 5.41) is 3.48. The van der Waals surface area contributed by atoms with Gasteiger partial charge in [0.2, 0.25) is 0 Å². The number of halogens is 1. The SMILES string of the molecule is Cc1cc(Cl)ccc1C(N)c1ccc2c(c1)NC(=O)CO2. The van der Waals surface area contributed by atoms with Crippen LogP contribution in [0, 0.1) is 6.92 Å². The van der Waals surface area contributed by atoms with Crippen LogP contribution in [0.25, 0.3) is 0 Å². The number of fused-ring (bicyclic) bond motifs is 1. The van der Waals surface area contributed by atoms with Crippen molar-refractivity contribution in [3.05, 3.63) is 58.1 Å². The largest absolute Gasteiger partial charge is 0.482 e. The fourth-order valence-corrected chi connectivity index (χ4v) is 2.69. The summed E-state index contributed by atoms with van der Waals surface area (Å²) in [5.74, 6) is 0.509. The van der Waals surface area contributed by atoms with Crippen molar-refractivity contribution in [3.63, 3.8) is 0 Å². The lowest BCUT2D eigenvalue weighted by atomic mass is 9.95. The van der Waals surface area contributed by atoms with Gasteiger partial charge >= 0.3 is 0 Å². The number of nitrogens with one attached hydrogen (secondary N) is 1. The molecule has 0 bridgehead atoms. The lowest BCUT2D eigenvalue weighted by Gasteiger charge is -2.21. The first-order chi connectivity index (χ1) is 10.0. The van der Waals surface area contributed by atoms with E-state index in [1.807, 2.05) is 43.3 Å². The van der Waals surface area contributed by atoms with E-state index < -0.39 is 0 Å². The summed E-state index contributed by atoms with van der Waals surface area (Å²) in [6.07, 6.45) is 0. The topological polar surface area (TPSA) is 64.3 Å². The predicted octanol–water partition coefficient (Wildman–Crippen LogP) is 3.03. The van der Waals surface area contributed by atoms with Gasteiger partial charge in [0, 0.05) is 5.02 Å². The highest BCUT2D eigenvalue weighted by Crippen LogP contribution is 2.32. The highest BCUT2D eigenvalue weighted by atomic mass is 35.5. The van der Waals surface area contributed by atoms with Gasteiger partial charge in [-0.3, -0.25) is 4.79 Å². The van der Waals surface area contributed by atoms with E-state index in [4.69, 9.17) is 22.1 Å². The smallest absolute Gasteiger partial charge is 0.262 e. The van der Waals surface area contributed by atoms with Gasteiger partial charge in [-0.1, -0.05) is 23.7 Å². The van der Waals surface area contributed by atoms with Crippen molar-refractivity contribution in [2.75, 3.05) is 11.9 Å². The van der Waals surface area contributed by atoms with Gasteiger partial charge in [0.1, 0.15) is 5.75 Å². The van der Waals surface area contributed by atoms with E-state index in [2.05, 4.69) is 5.32 Å². The molecule has 0 aromatic heterocycles. The minimum atomic E-state index is -0.286. The lowest BCUT2D eigenvalue weighted by Crippen LogP contribution is -2.25. The van der Waals surface area contributed by atoms with E-state index in [1.54, 1.807) is 0 Å². The van der Waals surface area contributed by atoms with Crippen LogP contribution in [0.1, 0.15) is 22.7 Å². The summed E-state index contributed by atoms with van der Waals surface area (Å²) in [6, 6.07) is 10.9. The molecule has 0 spiro atoms. The van der Waals surface area contributed by atoms with Crippen molar-refractivity contribution in [1.29, 1.82) is 0 Å². The van der Waals surface area contributed by atoms with Crippen LogP contribution in [0.4, 0.5) is 5.69 Å². The Hall–Kier alpha value is -2.04. The van der Waals surface area contributed by atoms with E-state index in [-0.39, 0.29) is 18.6 Å². The fourth-order valence-electron chi connectivity index (χ4n) is 2.46. The summed E-state index contributed by atoms with van der Waals surface area (Å²) >= 11 is 5.97. The molecule has 1 aliphatic heterocycles. The summed E-state index contributed by atoms with van der Waals surface area (Å²) in [4.78, 5) is 11.4. The molecule has 1 amide bonds. The second-order valence-electron chi connectivity index (χ2n) is 5.07. The zero-order valence-corrected chi connectivity index (χ0v) is 12.3. The standard InChI is InChI=1S/C16H15ClN2O2/c1-9-6-11(17)3-4-12(9)16(18)10-2-5-14-13(7-10)19-15(20)8-21-14/h2-7,16H,8,18H2,1H3,(H,19,20). The summed E-state index contributed by atoms with van der Waals surface area (Å²) in [7, 11) is 0. The monoisotopic (exact) mass is 302 g/mol. The van der Waals surface area contributed by atoms with Crippen LogP contribution in [0.15, 0.2) is 36.4 Å². The van der Waals surface area contributed by atoms with Crippen molar-refractivity contribution < 1.29 is 9.53 Å².